The van der Waals surface area contributed by atoms with Crippen molar-refractivity contribution in [1.82, 2.24) is 19.7 Å². The van der Waals surface area contributed by atoms with Gasteiger partial charge in [0.05, 0.1) is 11.3 Å². The third kappa shape index (κ3) is 5.66. The number of piperazine rings is 1. The van der Waals surface area contributed by atoms with Crippen molar-refractivity contribution >= 4 is 23.4 Å². The zero-order valence-electron chi connectivity index (χ0n) is 20.7. The minimum Gasteiger partial charge on any atom is -0.325 e. The van der Waals surface area contributed by atoms with Crippen LogP contribution in [-0.2, 0) is 13.0 Å². The number of nitriles is 1. The molecule has 3 heterocycles. The first-order valence-electron chi connectivity index (χ1n) is 12.2. The number of likely N-dealkylation sites (tertiary alicyclic amines) is 1. The van der Waals surface area contributed by atoms with Crippen LogP contribution in [0.4, 0.5) is 4.79 Å². The van der Waals surface area contributed by atoms with Crippen molar-refractivity contribution < 1.29 is 9.59 Å². The lowest BCUT2D eigenvalue weighted by molar-refractivity contribution is 0.0814. The molecule has 0 radical (unpaired) electrons. The SMILES string of the molecule is Cc1ncc(C(=O)Cc2cc(Cl)cc(CN3CCN(C(=O)N4CCCC4)[C@@H](C)C3)c2C)cc1C#N. The van der Waals surface area contributed by atoms with Crippen LogP contribution < -0.4 is 0 Å². The molecular formula is C27H32ClN5O2. The molecule has 8 heteroatoms. The number of urea groups is 1. The molecule has 0 saturated carbocycles. The van der Waals surface area contributed by atoms with E-state index in [2.05, 4.69) is 22.9 Å². The smallest absolute Gasteiger partial charge is 0.320 e. The Hall–Kier alpha value is -2.95. The molecule has 0 bridgehead atoms. The van der Waals surface area contributed by atoms with Crippen molar-refractivity contribution in [2.24, 2.45) is 0 Å². The summed E-state index contributed by atoms with van der Waals surface area (Å²) in [5.74, 6) is -0.0898. The number of pyridine rings is 1. The Kier molecular flexibility index (Phi) is 7.73. The highest BCUT2D eigenvalue weighted by Gasteiger charge is 2.31. The molecule has 1 atom stereocenters. The lowest BCUT2D eigenvalue weighted by Gasteiger charge is -2.41. The number of hydrogen-bond acceptors (Lipinski definition) is 5. The van der Waals surface area contributed by atoms with Gasteiger partial charge in [-0.2, -0.15) is 5.26 Å². The van der Waals surface area contributed by atoms with E-state index in [1.54, 1.807) is 13.0 Å². The van der Waals surface area contributed by atoms with Crippen LogP contribution in [0.25, 0.3) is 0 Å². The molecule has 0 N–H and O–H groups in total. The standard InChI is InChI=1S/C27H32ClN5O2/c1-18-16-31(8-9-33(18)27(35)32-6-4-5-7-32)17-24-12-25(28)11-21(19(24)2)13-26(34)23-10-22(14-29)20(3)30-15-23/h10-12,15,18H,4-9,13,16-17H2,1-3H3/t18-/m0/s1. The van der Waals surface area contributed by atoms with Crippen LogP contribution in [0.2, 0.25) is 5.02 Å². The molecular weight excluding hydrogens is 462 g/mol. The molecule has 1 aromatic heterocycles. The second-order valence-electron chi connectivity index (χ2n) is 9.67. The molecule has 2 fully saturated rings. The van der Waals surface area contributed by atoms with Gasteiger partial charge < -0.3 is 9.80 Å². The minimum atomic E-state index is -0.0898. The van der Waals surface area contributed by atoms with Gasteiger partial charge in [0, 0.05) is 68.5 Å². The molecule has 35 heavy (non-hydrogen) atoms. The van der Waals surface area contributed by atoms with Gasteiger partial charge in [0.1, 0.15) is 6.07 Å². The van der Waals surface area contributed by atoms with Crippen molar-refractivity contribution in [2.45, 2.75) is 52.6 Å². The number of halogens is 1. The maximum atomic E-state index is 13.0. The monoisotopic (exact) mass is 493 g/mol. The van der Waals surface area contributed by atoms with Crippen molar-refractivity contribution in [2.75, 3.05) is 32.7 Å². The van der Waals surface area contributed by atoms with Crippen molar-refractivity contribution in [1.29, 1.82) is 5.26 Å². The quantitative estimate of drug-likeness (QED) is 0.578. The van der Waals surface area contributed by atoms with E-state index in [1.165, 1.54) is 6.20 Å². The average Bonchev–Trinajstić information content (AvgIpc) is 3.37. The maximum absolute atomic E-state index is 13.0. The number of aromatic nitrogens is 1. The zero-order chi connectivity index (χ0) is 25.1. The van der Waals surface area contributed by atoms with Crippen LogP contribution in [0, 0.1) is 25.2 Å². The summed E-state index contributed by atoms with van der Waals surface area (Å²) in [6, 6.07) is 7.82. The van der Waals surface area contributed by atoms with E-state index in [0.29, 0.717) is 34.9 Å². The normalized spacial score (nSPS) is 18.5. The molecule has 2 amide bonds. The Balaban J connectivity index is 1.44. The van der Waals surface area contributed by atoms with E-state index in [-0.39, 0.29) is 24.3 Å². The summed E-state index contributed by atoms with van der Waals surface area (Å²) in [5, 5.41) is 9.86. The van der Waals surface area contributed by atoms with Gasteiger partial charge in [-0.15, -0.1) is 0 Å². The van der Waals surface area contributed by atoms with E-state index in [1.807, 2.05) is 28.9 Å². The average molecular weight is 494 g/mol. The van der Waals surface area contributed by atoms with Crippen LogP contribution in [0.3, 0.4) is 0 Å². The number of aryl methyl sites for hydroxylation is 1. The van der Waals surface area contributed by atoms with Gasteiger partial charge in [0.15, 0.2) is 5.78 Å². The third-order valence-electron chi connectivity index (χ3n) is 7.20. The predicted molar refractivity (Wildman–Crippen MR) is 136 cm³/mol. The summed E-state index contributed by atoms with van der Waals surface area (Å²) >= 11 is 6.46. The van der Waals surface area contributed by atoms with E-state index in [0.717, 1.165) is 55.7 Å². The largest absolute Gasteiger partial charge is 0.325 e. The van der Waals surface area contributed by atoms with E-state index < -0.39 is 0 Å². The highest BCUT2D eigenvalue weighted by Crippen LogP contribution is 2.25. The first-order chi connectivity index (χ1) is 16.8. The molecule has 2 aromatic rings. The Labute approximate surface area is 212 Å². The molecule has 7 nitrogen and oxygen atoms in total. The number of carbonyl (C=O) groups excluding carboxylic acids is 2. The summed E-state index contributed by atoms with van der Waals surface area (Å²) in [5.41, 5.74) is 4.48. The number of nitrogens with zero attached hydrogens (tertiary/aromatic N) is 5. The molecule has 2 aliphatic heterocycles. The van der Waals surface area contributed by atoms with Gasteiger partial charge in [-0.1, -0.05) is 11.6 Å². The van der Waals surface area contributed by atoms with Crippen LogP contribution in [0.5, 0.6) is 0 Å². The van der Waals surface area contributed by atoms with Gasteiger partial charge in [0.2, 0.25) is 0 Å². The molecule has 184 valence electrons. The van der Waals surface area contributed by atoms with E-state index in [9.17, 15) is 14.9 Å². The number of benzene rings is 1. The predicted octanol–water partition coefficient (Wildman–Crippen LogP) is 4.37. The van der Waals surface area contributed by atoms with Crippen molar-refractivity contribution in [3.05, 3.63) is 62.9 Å². The number of ketones is 1. The summed E-state index contributed by atoms with van der Waals surface area (Å²) in [6.45, 7) is 10.7. The zero-order valence-corrected chi connectivity index (χ0v) is 21.4. The van der Waals surface area contributed by atoms with Crippen molar-refractivity contribution in [3.63, 3.8) is 0 Å². The summed E-state index contributed by atoms with van der Waals surface area (Å²) in [7, 11) is 0. The van der Waals surface area contributed by atoms with Gasteiger partial charge in [-0.25, -0.2) is 4.79 Å². The Morgan fingerprint density at radius 3 is 2.51 bits per heavy atom. The fourth-order valence-electron chi connectivity index (χ4n) is 5.01. The molecule has 4 rings (SSSR count). The van der Waals surface area contributed by atoms with Gasteiger partial charge in [0.25, 0.3) is 0 Å². The molecule has 2 saturated heterocycles. The number of hydrogen-bond donors (Lipinski definition) is 0. The molecule has 2 aliphatic rings. The highest BCUT2D eigenvalue weighted by molar-refractivity contribution is 6.30. The van der Waals surface area contributed by atoms with Gasteiger partial charge in [-0.05, 0) is 68.5 Å². The summed E-state index contributed by atoms with van der Waals surface area (Å²) in [6.07, 6.45) is 3.92. The maximum Gasteiger partial charge on any atom is 0.320 e. The molecule has 0 unspecified atom stereocenters. The number of rotatable bonds is 5. The lowest BCUT2D eigenvalue weighted by Crippen LogP contribution is -2.56. The van der Waals surface area contributed by atoms with Crippen LogP contribution in [0.15, 0.2) is 24.4 Å². The molecule has 1 aromatic carbocycles. The van der Waals surface area contributed by atoms with Crippen LogP contribution in [-0.4, -0.2) is 70.3 Å². The Morgan fingerprint density at radius 2 is 1.83 bits per heavy atom. The Bertz CT molecular complexity index is 1170. The first-order valence-corrected chi connectivity index (χ1v) is 12.6. The second-order valence-corrected chi connectivity index (χ2v) is 10.1. The molecule has 0 spiro atoms. The number of carbonyl (C=O) groups is 2. The van der Waals surface area contributed by atoms with E-state index >= 15 is 0 Å². The summed E-state index contributed by atoms with van der Waals surface area (Å²) in [4.78, 5) is 36.3. The Morgan fingerprint density at radius 1 is 1.11 bits per heavy atom. The van der Waals surface area contributed by atoms with Gasteiger partial charge in [-0.3, -0.25) is 14.7 Å². The third-order valence-corrected chi connectivity index (χ3v) is 7.41. The molecule has 0 aliphatic carbocycles. The highest BCUT2D eigenvalue weighted by atomic mass is 35.5. The summed E-state index contributed by atoms with van der Waals surface area (Å²) < 4.78 is 0. The minimum absolute atomic E-state index is 0.0898. The van der Waals surface area contributed by atoms with Crippen LogP contribution in [0.1, 0.15) is 58.1 Å². The number of Topliss-reactive ketones (excluding diaryl/α,β-unsaturated/α-hetero) is 1. The number of amides is 2. The second kappa shape index (κ2) is 10.8. The first kappa shape index (κ1) is 25.2. The van der Waals surface area contributed by atoms with E-state index in [4.69, 9.17) is 11.6 Å². The van der Waals surface area contributed by atoms with Crippen LogP contribution >= 0.6 is 11.6 Å². The fourth-order valence-corrected chi connectivity index (χ4v) is 5.27. The van der Waals surface area contributed by atoms with Gasteiger partial charge >= 0.3 is 6.03 Å². The fraction of sp³-hybridized carbons (Fsp3) is 0.481. The lowest BCUT2D eigenvalue weighted by atomic mass is 9.95. The van der Waals surface area contributed by atoms with Crippen molar-refractivity contribution in [3.8, 4) is 6.07 Å². The topological polar surface area (TPSA) is 80.5 Å².